The van der Waals surface area contributed by atoms with Gasteiger partial charge in [0, 0.05) is 7.05 Å². The number of esters is 1. The zero-order valence-electron chi connectivity index (χ0n) is 15.5. The molecule has 0 fully saturated rings. The molecule has 2 aromatic carbocycles. The number of carbonyl (C=O) groups excluding carboxylic acids is 2. The van der Waals surface area contributed by atoms with Gasteiger partial charge in [-0.2, -0.15) is 0 Å². The minimum atomic E-state index is -3.86. The van der Waals surface area contributed by atoms with Gasteiger partial charge in [-0.15, -0.1) is 0 Å². The zero-order valence-corrected chi connectivity index (χ0v) is 16.3. The van der Waals surface area contributed by atoms with Crippen LogP contribution in [-0.2, 0) is 19.6 Å². The highest BCUT2D eigenvalue weighted by atomic mass is 32.2. The van der Waals surface area contributed by atoms with Gasteiger partial charge in [0.15, 0.2) is 11.9 Å². The Kier molecular flexibility index (Phi) is 6.22. The van der Waals surface area contributed by atoms with Crippen LogP contribution in [0.25, 0.3) is 0 Å². The highest BCUT2D eigenvalue weighted by Crippen LogP contribution is 2.30. The zero-order chi connectivity index (χ0) is 20.2. The van der Waals surface area contributed by atoms with E-state index in [4.69, 9.17) is 9.47 Å². The summed E-state index contributed by atoms with van der Waals surface area (Å²) in [5, 5.41) is 0. The van der Waals surface area contributed by atoms with Crippen LogP contribution in [0.15, 0.2) is 53.4 Å². The Morgan fingerprint density at radius 3 is 2.19 bits per heavy atom. The van der Waals surface area contributed by atoms with E-state index in [2.05, 4.69) is 0 Å². The number of Topliss-reactive ketones (excluding diaryl/α,β-unsaturated/α-hetero) is 1. The summed E-state index contributed by atoms with van der Waals surface area (Å²) in [4.78, 5) is 23.2. The third kappa shape index (κ3) is 4.46. The number of sulfonamides is 1. The van der Waals surface area contributed by atoms with Gasteiger partial charge in [-0.05, 0) is 50.2 Å². The van der Waals surface area contributed by atoms with E-state index in [-0.39, 0.29) is 16.2 Å². The number of anilines is 1. The SMILES string of the molecule is COc1ccccc1N(C)S(=O)(=O)c1ccc(C(=O)O[C@H](C)C(C)=O)cc1. The lowest BCUT2D eigenvalue weighted by atomic mass is 10.2. The summed E-state index contributed by atoms with van der Waals surface area (Å²) < 4.78 is 37.0. The van der Waals surface area contributed by atoms with Gasteiger partial charge in [0.2, 0.25) is 0 Å². The number of rotatable bonds is 7. The minimum absolute atomic E-state index is 0.00655. The quantitative estimate of drug-likeness (QED) is 0.674. The lowest BCUT2D eigenvalue weighted by molar-refractivity contribution is -0.124. The summed E-state index contributed by atoms with van der Waals surface area (Å²) in [7, 11) is -0.976. The molecule has 2 aromatic rings. The van der Waals surface area contributed by atoms with Gasteiger partial charge < -0.3 is 9.47 Å². The molecule has 0 aliphatic rings. The smallest absolute Gasteiger partial charge is 0.338 e. The lowest BCUT2D eigenvalue weighted by Crippen LogP contribution is -2.27. The van der Waals surface area contributed by atoms with E-state index in [9.17, 15) is 18.0 Å². The molecule has 0 aromatic heterocycles. The second-order valence-electron chi connectivity index (χ2n) is 5.83. The van der Waals surface area contributed by atoms with E-state index in [1.165, 1.54) is 52.3 Å². The summed E-state index contributed by atoms with van der Waals surface area (Å²) in [5.74, 6) is -0.553. The topological polar surface area (TPSA) is 90.0 Å². The predicted molar refractivity (Wildman–Crippen MR) is 101 cm³/mol. The van der Waals surface area contributed by atoms with Crippen molar-refractivity contribution in [2.75, 3.05) is 18.5 Å². The first-order valence-corrected chi connectivity index (χ1v) is 9.56. The van der Waals surface area contributed by atoms with Crippen molar-refractivity contribution in [2.24, 2.45) is 0 Å². The molecule has 0 heterocycles. The maximum atomic E-state index is 12.9. The largest absolute Gasteiger partial charge is 0.495 e. The van der Waals surface area contributed by atoms with E-state index in [1.807, 2.05) is 0 Å². The van der Waals surface area contributed by atoms with Crippen LogP contribution in [0.2, 0.25) is 0 Å². The van der Waals surface area contributed by atoms with Crippen molar-refractivity contribution < 1.29 is 27.5 Å². The molecule has 0 spiro atoms. The van der Waals surface area contributed by atoms with Gasteiger partial charge in [0.05, 0.1) is 23.3 Å². The van der Waals surface area contributed by atoms with Crippen LogP contribution < -0.4 is 9.04 Å². The summed E-state index contributed by atoms with van der Waals surface area (Å²) >= 11 is 0. The van der Waals surface area contributed by atoms with Crippen molar-refractivity contribution in [3.05, 3.63) is 54.1 Å². The Bertz CT molecular complexity index is 937. The van der Waals surface area contributed by atoms with Crippen molar-refractivity contribution in [1.82, 2.24) is 0 Å². The van der Waals surface area contributed by atoms with Crippen LogP contribution >= 0.6 is 0 Å². The van der Waals surface area contributed by atoms with Crippen molar-refractivity contribution >= 4 is 27.5 Å². The maximum absolute atomic E-state index is 12.9. The first kappa shape index (κ1) is 20.4. The van der Waals surface area contributed by atoms with Gasteiger partial charge in [-0.25, -0.2) is 13.2 Å². The van der Waals surface area contributed by atoms with E-state index in [0.717, 1.165) is 4.31 Å². The van der Waals surface area contributed by atoms with Crippen LogP contribution in [0.1, 0.15) is 24.2 Å². The number of carbonyl (C=O) groups is 2. The molecule has 0 amide bonds. The van der Waals surface area contributed by atoms with Crippen LogP contribution in [-0.4, -0.2) is 40.4 Å². The highest BCUT2D eigenvalue weighted by Gasteiger charge is 2.24. The normalized spacial score (nSPS) is 12.1. The molecular weight excluding hydrogens is 370 g/mol. The summed E-state index contributed by atoms with van der Waals surface area (Å²) in [6.45, 7) is 2.79. The molecule has 0 radical (unpaired) electrons. The van der Waals surface area contributed by atoms with Gasteiger partial charge in [-0.3, -0.25) is 9.10 Å². The molecule has 0 bridgehead atoms. The molecule has 7 nitrogen and oxygen atoms in total. The summed E-state index contributed by atoms with van der Waals surface area (Å²) in [6, 6.07) is 12.1. The summed E-state index contributed by atoms with van der Waals surface area (Å²) in [5.41, 5.74) is 0.542. The molecule has 8 heteroatoms. The third-order valence-electron chi connectivity index (χ3n) is 4.03. The molecule has 0 aliphatic heterocycles. The lowest BCUT2D eigenvalue weighted by Gasteiger charge is -2.21. The Hall–Kier alpha value is -2.87. The molecule has 0 unspecified atom stereocenters. The number of ether oxygens (including phenoxy) is 2. The fraction of sp³-hybridized carbons (Fsp3) is 0.263. The third-order valence-corrected chi connectivity index (χ3v) is 5.81. The molecule has 27 heavy (non-hydrogen) atoms. The molecule has 0 saturated heterocycles. The number of para-hydroxylation sites is 2. The van der Waals surface area contributed by atoms with Crippen LogP contribution in [0.4, 0.5) is 5.69 Å². The van der Waals surface area contributed by atoms with Gasteiger partial charge in [-0.1, -0.05) is 12.1 Å². The van der Waals surface area contributed by atoms with Crippen LogP contribution in [0, 0.1) is 0 Å². The standard InChI is InChI=1S/C19H21NO6S/c1-13(21)14(2)26-19(22)15-9-11-16(12-10-15)27(23,24)20(3)17-7-5-6-8-18(17)25-4/h5-12,14H,1-4H3/t14-/m1/s1. The first-order valence-electron chi connectivity index (χ1n) is 8.12. The van der Waals surface area contributed by atoms with Crippen molar-refractivity contribution in [1.29, 1.82) is 0 Å². The second-order valence-corrected chi connectivity index (χ2v) is 7.80. The van der Waals surface area contributed by atoms with Gasteiger partial charge in [0.25, 0.3) is 10.0 Å². The number of ketones is 1. The Morgan fingerprint density at radius 1 is 1.04 bits per heavy atom. The fourth-order valence-corrected chi connectivity index (χ4v) is 3.46. The van der Waals surface area contributed by atoms with E-state index in [1.54, 1.807) is 24.3 Å². The molecule has 1 atom stereocenters. The molecule has 0 saturated carbocycles. The Morgan fingerprint density at radius 2 is 1.63 bits per heavy atom. The van der Waals surface area contributed by atoms with Crippen LogP contribution in [0.3, 0.4) is 0 Å². The van der Waals surface area contributed by atoms with E-state index in [0.29, 0.717) is 11.4 Å². The monoisotopic (exact) mass is 391 g/mol. The number of nitrogens with zero attached hydrogens (tertiary/aromatic N) is 1. The maximum Gasteiger partial charge on any atom is 0.338 e. The minimum Gasteiger partial charge on any atom is -0.495 e. The molecular formula is C19H21NO6S. The number of hydrogen-bond donors (Lipinski definition) is 0. The number of methoxy groups -OCH3 is 1. The predicted octanol–water partition coefficient (Wildman–Crippen LogP) is 2.65. The van der Waals surface area contributed by atoms with Crippen molar-refractivity contribution in [3.8, 4) is 5.75 Å². The van der Waals surface area contributed by atoms with Crippen molar-refractivity contribution in [2.45, 2.75) is 24.8 Å². The molecule has 0 N–H and O–H groups in total. The van der Waals surface area contributed by atoms with E-state index >= 15 is 0 Å². The molecule has 0 aliphatic carbocycles. The highest BCUT2D eigenvalue weighted by molar-refractivity contribution is 7.92. The fourth-order valence-electron chi connectivity index (χ4n) is 2.25. The van der Waals surface area contributed by atoms with Crippen molar-refractivity contribution in [3.63, 3.8) is 0 Å². The average molecular weight is 391 g/mol. The van der Waals surface area contributed by atoms with Gasteiger partial charge >= 0.3 is 5.97 Å². The number of benzene rings is 2. The number of hydrogen-bond acceptors (Lipinski definition) is 6. The Balaban J connectivity index is 2.27. The first-order chi connectivity index (χ1) is 12.7. The second kappa shape index (κ2) is 8.22. The molecule has 2 rings (SSSR count). The van der Waals surface area contributed by atoms with E-state index < -0.39 is 22.1 Å². The summed E-state index contributed by atoms with van der Waals surface area (Å²) in [6.07, 6.45) is -0.863. The molecule has 144 valence electrons. The van der Waals surface area contributed by atoms with Gasteiger partial charge in [0.1, 0.15) is 5.75 Å². The van der Waals surface area contributed by atoms with Crippen LogP contribution in [0.5, 0.6) is 5.75 Å². The Labute approximate surface area is 158 Å². The average Bonchev–Trinajstić information content (AvgIpc) is 2.67.